The van der Waals surface area contributed by atoms with E-state index in [0.29, 0.717) is 35.3 Å². The zero-order chi connectivity index (χ0) is 24.7. The zero-order valence-electron chi connectivity index (χ0n) is 19.9. The van der Waals surface area contributed by atoms with Crippen molar-refractivity contribution in [1.29, 1.82) is 0 Å². The number of carbonyl (C=O) groups excluding carboxylic acids is 1. The summed E-state index contributed by atoms with van der Waals surface area (Å²) in [6.45, 7) is 5.44. The zero-order valence-corrected chi connectivity index (χ0v) is 19.9. The summed E-state index contributed by atoms with van der Waals surface area (Å²) in [6.07, 6.45) is 4.34. The van der Waals surface area contributed by atoms with E-state index in [2.05, 4.69) is 0 Å². The van der Waals surface area contributed by atoms with Crippen LogP contribution in [0.25, 0.3) is 10.8 Å². The summed E-state index contributed by atoms with van der Waals surface area (Å²) in [7, 11) is 0. The van der Waals surface area contributed by atoms with Crippen LogP contribution >= 0.6 is 0 Å². The lowest BCUT2D eigenvalue weighted by molar-refractivity contribution is 0.0619. The molecule has 0 spiro atoms. The molecule has 0 amide bonds. The minimum atomic E-state index is -0.931. The first-order chi connectivity index (χ1) is 16.4. The number of aryl methyl sites for hydroxylation is 1. The van der Waals surface area contributed by atoms with Gasteiger partial charge in [0.25, 0.3) is 0 Å². The quantitative estimate of drug-likeness (QED) is 0.367. The van der Waals surface area contributed by atoms with Crippen molar-refractivity contribution in [3.8, 4) is 17.2 Å². The number of hydrogen-bond acceptors (Lipinski definition) is 7. The van der Waals surface area contributed by atoms with Gasteiger partial charge in [0.1, 0.15) is 36.6 Å². The maximum atomic E-state index is 12.0. The lowest BCUT2D eigenvalue weighted by Gasteiger charge is -2.19. The highest BCUT2D eigenvalue weighted by molar-refractivity contribution is 5.97. The van der Waals surface area contributed by atoms with E-state index in [1.54, 1.807) is 24.3 Å². The number of carbonyl (C=O) groups is 1. The standard InChI is InChI=1S/C27H32O7/c1-4-6-8-23-25(11-9-19(17(3)28)26(23)30)34-16-18(29)15-33-24-12-10-22-20(21(24)7-5-2)13-14-32-27(22)31/h9-14,18,29-30H,4-8,15-16H2,1-3H3. The van der Waals surface area contributed by atoms with Crippen molar-refractivity contribution in [2.75, 3.05) is 13.2 Å². The molecule has 1 heterocycles. The highest BCUT2D eigenvalue weighted by Crippen LogP contribution is 2.33. The molecule has 34 heavy (non-hydrogen) atoms. The molecule has 0 radical (unpaired) electrons. The van der Waals surface area contributed by atoms with Crippen molar-refractivity contribution in [2.24, 2.45) is 0 Å². The number of aromatic hydroxyl groups is 1. The van der Waals surface area contributed by atoms with Crippen molar-refractivity contribution in [3.05, 3.63) is 63.7 Å². The number of benzene rings is 2. The Balaban J connectivity index is 1.71. The SMILES string of the molecule is CCCCc1c(OCC(O)COc2ccc3c(=O)occc3c2CCC)ccc(C(C)=O)c1O. The third-order valence-electron chi connectivity index (χ3n) is 5.71. The van der Waals surface area contributed by atoms with Gasteiger partial charge in [-0.3, -0.25) is 4.79 Å². The van der Waals surface area contributed by atoms with Crippen LogP contribution in [0.15, 0.2) is 45.8 Å². The van der Waals surface area contributed by atoms with Gasteiger partial charge in [-0.15, -0.1) is 0 Å². The number of aliphatic hydroxyl groups excluding tert-OH is 1. The fourth-order valence-corrected chi connectivity index (χ4v) is 3.94. The Bertz CT molecular complexity index is 1200. The van der Waals surface area contributed by atoms with Crippen LogP contribution in [0.3, 0.4) is 0 Å². The van der Waals surface area contributed by atoms with Crippen LogP contribution in [0.4, 0.5) is 0 Å². The van der Waals surface area contributed by atoms with E-state index < -0.39 is 11.7 Å². The van der Waals surface area contributed by atoms with E-state index in [0.717, 1.165) is 30.2 Å². The van der Waals surface area contributed by atoms with Crippen LogP contribution in [-0.4, -0.2) is 35.3 Å². The lowest BCUT2D eigenvalue weighted by atomic mass is 10.0. The van der Waals surface area contributed by atoms with Crippen LogP contribution in [0.2, 0.25) is 0 Å². The maximum absolute atomic E-state index is 12.0. The lowest BCUT2D eigenvalue weighted by Crippen LogP contribution is -2.25. The predicted octanol–water partition coefficient (Wildman–Crippen LogP) is 4.82. The van der Waals surface area contributed by atoms with Crippen molar-refractivity contribution < 1.29 is 28.9 Å². The summed E-state index contributed by atoms with van der Waals surface area (Å²) in [5, 5.41) is 22.3. The molecule has 7 nitrogen and oxygen atoms in total. The number of rotatable bonds is 12. The van der Waals surface area contributed by atoms with Gasteiger partial charge in [-0.2, -0.15) is 0 Å². The molecule has 0 fully saturated rings. The van der Waals surface area contributed by atoms with Crippen molar-refractivity contribution in [2.45, 2.75) is 59.0 Å². The Morgan fingerprint density at radius 3 is 2.26 bits per heavy atom. The third-order valence-corrected chi connectivity index (χ3v) is 5.71. The fraction of sp³-hybridized carbons (Fsp3) is 0.407. The Morgan fingerprint density at radius 1 is 0.941 bits per heavy atom. The Labute approximate surface area is 198 Å². The number of fused-ring (bicyclic) bond motifs is 1. The van der Waals surface area contributed by atoms with E-state index in [4.69, 9.17) is 13.9 Å². The summed E-state index contributed by atoms with van der Waals surface area (Å²) in [5.41, 5.74) is 1.33. The van der Waals surface area contributed by atoms with Gasteiger partial charge in [0.15, 0.2) is 5.78 Å². The van der Waals surface area contributed by atoms with Crippen molar-refractivity contribution in [1.82, 2.24) is 0 Å². The molecule has 0 saturated heterocycles. The topological polar surface area (TPSA) is 106 Å². The Kier molecular flexibility index (Phi) is 8.71. The molecule has 0 aliphatic heterocycles. The van der Waals surface area contributed by atoms with Gasteiger partial charge in [-0.25, -0.2) is 4.79 Å². The monoisotopic (exact) mass is 468 g/mol. The van der Waals surface area contributed by atoms with Gasteiger partial charge >= 0.3 is 5.63 Å². The van der Waals surface area contributed by atoms with Crippen molar-refractivity contribution >= 4 is 16.6 Å². The van der Waals surface area contributed by atoms with E-state index in [1.165, 1.54) is 19.3 Å². The minimum absolute atomic E-state index is 0.00847. The van der Waals surface area contributed by atoms with Gasteiger partial charge in [-0.05, 0) is 61.9 Å². The summed E-state index contributed by atoms with van der Waals surface area (Å²) < 4.78 is 16.7. The van der Waals surface area contributed by atoms with Gasteiger partial charge in [0.05, 0.1) is 17.2 Å². The van der Waals surface area contributed by atoms with Gasteiger partial charge in [0, 0.05) is 11.1 Å². The fourth-order valence-electron chi connectivity index (χ4n) is 3.94. The van der Waals surface area contributed by atoms with Crippen LogP contribution < -0.4 is 15.1 Å². The average Bonchev–Trinajstić information content (AvgIpc) is 2.81. The summed E-state index contributed by atoms with van der Waals surface area (Å²) in [4.78, 5) is 23.8. The highest BCUT2D eigenvalue weighted by Gasteiger charge is 2.18. The molecule has 3 aromatic rings. The second kappa shape index (κ2) is 11.7. The highest BCUT2D eigenvalue weighted by atomic mass is 16.5. The number of Topliss-reactive ketones (excluding diaryl/α,β-unsaturated/α-hetero) is 1. The molecule has 2 aromatic carbocycles. The van der Waals surface area contributed by atoms with E-state index in [-0.39, 0.29) is 30.3 Å². The number of phenols is 1. The maximum Gasteiger partial charge on any atom is 0.343 e. The average molecular weight is 469 g/mol. The molecular weight excluding hydrogens is 436 g/mol. The second-order valence-electron chi connectivity index (χ2n) is 8.34. The molecule has 2 N–H and O–H groups in total. The molecule has 0 aliphatic rings. The summed E-state index contributed by atoms with van der Waals surface area (Å²) in [6, 6.07) is 8.33. The van der Waals surface area contributed by atoms with Gasteiger partial charge < -0.3 is 24.1 Å². The number of ether oxygens (including phenoxy) is 2. The molecule has 7 heteroatoms. The number of aliphatic hydroxyl groups is 1. The van der Waals surface area contributed by atoms with Crippen LogP contribution in [0, 0.1) is 0 Å². The van der Waals surface area contributed by atoms with Crippen LogP contribution in [-0.2, 0) is 12.8 Å². The smallest absolute Gasteiger partial charge is 0.343 e. The summed E-state index contributed by atoms with van der Waals surface area (Å²) >= 11 is 0. The minimum Gasteiger partial charge on any atom is -0.507 e. The van der Waals surface area contributed by atoms with Gasteiger partial charge in [0.2, 0.25) is 0 Å². The normalized spacial score (nSPS) is 12.0. The van der Waals surface area contributed by atoms with Crippen LogP contribution in [0.1, 0.15) is 61.5 Å². The first-order valence-corrected chi connectivity index (χ1v) is 11.7. The Hall–Kier alpha value is -3.32. The Morgan fingerprint density at radius 2 is 1.62 bits per heavy atom. The first kappa shape index (κ1) is 25.3. The molecule has 0 saturated carbocycles. The largest absolute Gasteiger partial charge is 0.507 e. The predicted molar refractivity (Wildman–Crippen MR) is 130 cm³/mol. The number of unbranched alkanes of at least 4 members (excludes halogenated alkanes) is 1. The molecule has 1 atom stereocenters. The van der Waals surface area contributed by atoms with E-state index in [9.17, 15) is 19.8 Å². The number of hydrogen-bond donors (Lipinski definition) is 2. The molecule has 182 valence electrons. The molecule has 1 unspecified atom stereocenters. The van der Waals surface area contributed by atoms with Crippen molar-refractivity contribution in [3.63, 3.8) is 0 Å². The number of ketones is 1. The van der Waals surface area contributed by atoms with E-state index >= 15 is 0 Å². The first-order valence-electron chi connectivity index (χ1n) is 11.7. The molecule has 3 rings (SSSR count). The van der Waals surface area contributed by atoms with Crippen LogP contribution in [0.5, 0.6) is 17.2 Å². The van der Waals surface area contributed by atoms with Gasteiger partial charge in [-0.1, -0.05) is 26.7 Å². The molecule has 0 bridgehead atoms. The number of phenolic OH excluding ortho intramolecular Hbond substituents is 1. The third kappa shape index (κ3) is 5.78. The second-order valence-corrected chi connectivity index (χ2v) is 8.34. The van der Waals surface area contributed by atoms with E-state index in [1.807, 2.05) is 13.8 Å². The molecule has 1 aromatic heterocycles. The summed E-state index contributed by atoms with van der Waals surface area (Å²) in [5.74, 6) is 0.769. The molecular formula is C27H32O7. The molecule has 0 aliphatic carbocycles.